The SMILES string of the molecule is CC(C)(O)CCOc1cc(C(F)(F)F)c(-c2ccc(F)c(COC3=C[I-]C=C4C(=C3)C=C3C(C(=O)O)C43)c2)cn1. The first-order valence-corrected chi connectivity index (χ1v) is 14.8. The van der Waals surface area contributed by atoms with E-state index in [1.54, 1.807) is 19.9 Å². The van der Waals surface area contributed by atoms with Crippen LogP contribution < -0.4 is 25.9 Å². The summed E-state index contributed by atoms with van der Waals surface area (Å²) in [5.74, 6) is -1.73. The summed E-state index contributed by atoms with van der Waals surface area (Å²) in [6.45, 7) is 2.90. The van der Waals surface area contributed by atoms with Crippen LogP contribution in [0.1, 0.15) is 31.4 Å². The zero-order chi connectivity index (χ0) is 28.8. The van der Waals surface area contributed by atoms with Gasteiger partial charge in [0.15, 0.2) is 0 Å². The van der Waals surface area contributed by atoms with Crippen LogP contribution in [-0.4, -0.2) is 33.4 Å². The topological polar surface area (TPSA) is 88.9 Å². The molecule has 2 unspecified atom stereocenters. The van der Waals surface area contributed by atoms with Crippen LogP contribution in [-0.2, 0) is 22.3 Å². The summed E-state index contributed by atoms with van der Waals surface area (Å²) < 4.78 is 71.7. The summed E-state index contributed by atoms with van der Waals surface area (Å²) in [4.78, 5) is 15.4. The number of aromatic nitrogens is 1. The van der Waals surface area contributed by atoms with Gasteiger partial charge in [-0.05, 0) is 13.8 Å². The van der Waals surface area contributed by atoms with Gasteiger partial charge in [0.25, 0.3) is 0 Å². The zero-order valence-corrected chi connectivity index (χ0v) is 23.6. The second kappa shape index (κ2) is 10.7. The molecule has 0 radical (unpaired) electrons. The van der Waals surface area contributed by atoms with E-state index < -0.39 is 56.3 Å². The summed E-state index contributed by atoms with van der Waals surface area (Å²) in [5.41, 5.74) is 0.671. The van der Waals surface area contributed by atoms with Crippen molar-refractivity contribution >= 4 is 5.97 Å². The molecule has 2 aromatic rings. The van der Waals surface area contributed by atoms with E-state index in [0.717, 1.165) is 35.0 Å². The quantitative estimate of drug-likeness (QED) is 0.316. The van der Waals surface area contributed by atoms with E-state index in [1.807, 2.05) is 10.2 Å². The third-order valence-electron chi connectivity index (χ3n) is 6.75. The van der Waals surface area contributed by atoms with E-state index in [-0.39, 0.29) is 48.1 Å². The van der Waals surface area contributed by atoms with Crippen LogP contribution in [0.15, 0.2) is 73.3 Å². The standard InChI is InChI=1S/C29H25F4INO5/c1-28(2,38)5-6-39-24-10-22(29(31,32)33)21(13-35-24)15-3-4-23(30)17(7-15)14-40-18-8-16-9-19-25(26(19)27(36)37)20(16)12-34-11-18/h3-4,7-13,25-26,38H,5-6,14H2,1-2H3,(H,36,37)/q-1. The van der Waals surface area contributed by atoms with Gasteiger partial charge in [0.05, 0.1) is 12.2 Å². The predicted octanol–water partition coefficient (Wildman–Crippen LogP) is 2.99. The van der Waals surface area contributed by atoms with E-state index in [1.165, 1.54) is 12.1 Å². The van der Waals surface area contributed by atoms with Crippen LogP contribution in [0.3, 0.4) is 0 Å². The van der Waals surface area contributed by atoms with Gasteiger partial charge < -0.3 is 5.11 Å². The number of carboxylic acid groups (broad SMARTS) is 1. The van der Waals surface area contributed by atoms with Gasteiger partial charge in [0, 0.05) is 6.42 Å². The molecule has 2 aliphatic carbocycles. The van der Waals surface area contributed by atoms with Crippen molar-refractivity contribution in [1.29, 1.82) is 0 Å². The van der Waals surface area contributed by atoms with E-state index in [2.05, 4.69) is 9.07 Å². The number of hydrogen-bond acceptors (Lipinski definition) is 5. The molecule has 0 bridgehead atoms. The average molecular weight is 670 g/mol. The number of hydrogen-bond donors (Lipinski definition) is 2. The molecular weight excluding hydrogens is 645 g/mol. The number of fused-ring (bicyclic) bond motifs is 3. The first-order valence-electron chi connectivity index (χ1n) is 12.3. The Balaban J connectivity index is 1.33. The number of allylic oxidation sites excluding steroid dienone is 4. The molecular formula is C29H25F4INO5-. The number of carboxylic acids is 1. The van der Waals surface area contributed by atoms with Gasteiger partial charge in [0.1, 0.15) is 0 Å². The van der Waals surface area contributed by atoms with Gasteiger partial charge in [0.2, 0.25) is 0 Å². The molecule has 5 rings (SSSR count). The number of ether oxygens (including phenoxy) is 2. The molecule has 1 saturated carbocycles. The Bertz CT molecular complexity index is 1490. The zero-order valence-electron chi connectivity index (χ0n) is 21.4. The van der Waals surface area contributed by atoms with Gasteiger partial charge >= 0.3 is 201 Å². The molecule has 1 fully saturated rings. The van der Waals surface area contributed by atoms with Crippen LogP contribution in [0.5, 0.6) is 5.88 Å². The summed E-state index contributed by atoms with van der Waals surface area (Å²) in [7, 11) is 0. The second-order valence-electron chi connectivity index (χ2n) is 10.3. The fourth-order valence-corrected chi connectivity index (χ4v) is 6.65. The number of aliphatic carboxylic acids is 1. The van der Waals surface area contributed by atoms with Crippen LogP contribution in [0.25, 0.3) is 11.1 Å². The van der Waals surface area contributed by atoms with Crippen molar-refractivity contribution in [3.05, 3.63) is 90.2 Å². The normalized spacial score (nSPS) is 20.1. The molecule has 6 nitrogen and oxygen atoms in total. The molecule has 0 amide bonds. The van der Waals surface area contributed by atoms with Crippen molar-refractivity contribution in [2.75, 3.05) is 6.61 Å². The maximum absolute atomic E-state index is 14.7. The minimum absolute atomic E-state index is 0.0195. The fourth-order valence-electron chi connectivity index (χ4n) is 4.62. The number of halogens is 5. The Morgan fingerprint density at radius 2 is 1.90 bits per heavy atom. The number of benzene rings is 1. The molecule has 40 heavy (non-hydrogen) atoms. The Kier molecular flexibility index (Phi) is 7.55. The van der Waals surface area contributed by atoms with Crippen molar-refractivity contribution in [3.63, 3.8) is 0 Å². The van der Waals surface area contributed by atoms with Crippen LogP contribution >= 0.6 is 0 Å². The van der Waals surface area contributed by atoms with E-state index in [9.17, 15) is 32.6 Å². The number of nitrogens with zero attached hydrogens (tertiary/aromatic N) is 1. The van der Waals surface area contributed by atoms with E-state index in [4.69, 9.17) is 9.47 Å². The first-order chi connectivity index (χ1) is 18.8. The third-order valence-corrected chi connectivity index (χ3v) is 8.75. The molecule has 0 saturated heterocycles. The summed E-state index contributed by atoms with van der Waals surface area (Å²) in [6, 6.07) is 4.45. The predicted molar refractivity (Wildman–Crippen MR) is 133 cm³/mol. The number of aliphatic hydroxyl groups is 1. The van der Waals surface area contributed by atoms with Gasteiger partial charge in [-0.3, -0.25) is 0 Å². The number of pyridine rings is 1. The Hall–Kier alpha value is -3.19. The van der Waals surface area contributed by atoms with Gasteiger partial charge in [-0.15, -0.1) is 0 Å². The number of carbonyl (C=O) groups is 1. The summed E-state index contributed by atoms with van der Waals surface area (Å²) in [5, 5.41) is 19.1. The molecule has 3 aliphatic rings. The Labute approximate surface area is 238 Å². The van der Waals surface area contributed by atoms with Crippen LogP contribution in [0, 0.1) is 17.7 Å². The van der Waals surface area contributed by atoms with Crippen molar-refractivity contribution in [1.82, 2.24) is 4.98 Å². The van der Waals surface area contributed by atoms with E-state index >= 15 is 0 Å². The van der Waals surface area contributed by atoms with Gasteiger partial charge in [-0.2, -0.15) is 0 Å². The van der Waals surface area contributed by atoms with Crippen LogP contribution in [0.2, 0.25) is 0 Å². The second-order valence-corrected chi connectivity index (χ2v) is 12.3. The summed E-state index contributed by atoms with van der Waals surface area (Å²) >= 11 is -0.573. The molecule has 11 heteroatoms. The molecule has 212 valence electrons. The molecule has 1 aliphatic heterocycles. The van der Waals surface area contributed by atoms with Crippen molar-refractivity contribution < 1.29 is 63.2 Å². The Morgan fingerprint density at radius 3 is 2.60 bits per heavy atom. The molecule has 0 spiro atoms. The molecule has 1 aromatic heterocycles. The Morgan fingerprint density at radius 1 is 1.12 bits per heavy atom. The first kappa shape index (κ1) is 28.3. The molecule has 2 N–H and O–H groups in total. The van der Waals surface area contributed by atoms with Gasteiger partial charge in [-0.1, -0.05) is 0 Å². The maximum atomic E-state index is 14.7. The van der Waals surface area contributed by atoms with Crippen molar-refractivity contribution in [3.8, 4) is 17.0 Å². The average Bonchev–Trinajstić information content (AvgIpc) is 3.53. The van der Waals surface area contributed by atoms with Gasteiger partial charge in [-0.25, -0.2) is 0 Å². The molecule has 2 heterocycles. The summed E-state index contributed by atoms with van der Waals surface area (Å²) in [6.07, 6.45) is 0.165. The molecule has 2 atom stereocenters. The van der Waals surface area contributed by atoms with Crippen molar-refractivity contribution in [2.45, 2.75) is 38.7 Å². The van der Waals surface area contributed by atoms with E-state index in [0.29, 0.717) is 5.76 Å². The molecule has 1 aromatic carbocycles. The third kappa shape index (κ3) is 6.09. The number of alkyl halides is 3. The monoisotopic (exact) mass is 670 g/mol. The van der Waals surface area contributed by atoms with Crippen molar-refractivity contribution in [2.24, 2.45) is 11.8 Å². The van der Waals surface area contributed by atoms with Crippen LogP contribution in [0.4, 0.5) is 17.6 Å². The number of rotatable bonds is 9. The fraction of sp³-hybridized carbons (Fsp3) is 0.310. The minimum atomic E-state index is -4.72.